The monoisotopic (exact) mass is 178 g/mol. The Bertz CT molecular complexity index is 272. The largest absolute Gasteiger partial charge is 0.453 e. The molecule has 70 valence electrons. The molecule has 0 bridgehead atoms. The highest BCUT2D eigenvalue weighted by molar-refractivity contribution is 5.66. The lowest BCUT2D eigenvalue weighted by Crippen LogP contribution is -2.25. The van der Waals surface area contributed by atoms with Crippen LogP contribution < -0.4 is 0 Å². The minimum absolute atomic E-state index is 0.316. The fraction of sp³-hybridized carbons (Fsp3) is 0.300. The Balaban J connectivity index is 2.55. The average molecular weight is 178 g/mol. The van der Waals surface area contributed by atoms with Gasteiger partial charge in [-0.1, -0.05) is 30.3 Å². The van der Waals surface area contributed by atoms with Gasteiger partial charge in [-0.05, 0) is 5.56 Å². The number of carbonyl (C=O) groups is 1. The molecule has 0 unspecified atom stereocenters. The summed E-state index contributed by atoms with van der Waals surface area (Å²) in [5.41, 5.74) is 1.09. The van der Waals surface area contributed by atoms with Gasteiger partial charge in [0.25, 0.3) is 0 Å². The maximum Gasteiger partial charge on any atom is 0.409 e. The number of methoxy groups -OCH3 is 1. The molecule has 13 heavy (non-hydrogen) atoms. The third-order valence-electron chi connectivity index (χ3n) is 1.75. The number of carbonyl (C=O) groups excluding carboxylic acids is 1. The Morgan fingerprint density at radius 1 is 1.38 bits per heavy atom. The van der Waals surface area contributed by atoms with Crippen molar-refractivity contribution in [3.8, 4) is 0 Å². The molecular formula is C10H13NO2. The van der Waals surface area contributed by atoms with E-state index in [-0.39, 0.29) is 6.09 Å². The van der Waals surface area contributed by atoms with Crippen LogP contribution in [0.3, 0.4) is 0 Å². The number of nitrogens with zero attached hydrogens (tertiary/aromatic N) is 1. The van der Waals surface area contributed by atoms with Crippen molar-refractivity contribution in [1.82, 2.24) is 4.90 Å². The van der Waals surface area contributed by atoms with E-state index in [0.29, 0.717) is 6.54 Å². The average Bonchev–Trinajstić information content (AvgIpc) is 2.18. The summed E-state index contributed by atoms with van der Waals surface area (Å²) >= 11 is 0. The minimum Gasteiger partial charge on any atom is -0.453 e. The molecule has 0 radical (unpaired) electrons. The van der Waals surface area contributed by atoms with Gasteiger partial charge < -0.3 is 9.64 Å². The van der Waals surface area contributed by atoms with E-state index in [1.54, 1.807) is 7.05 Å². The Morgan fingerprint density at radius 3 is 2.54 bits per heavy atom. The van der Waals surface area contributed by atoms with E-state index in [0.717, 1.165) is 5.56 Å². The molecule has 0 saturated heterocycles. The summed E-state index contributed by atoms with van der Waals surface area (Å²) in [7, 11) is 3.09. The van der Waals surface area contributed by atoms with Crippen LogP contribution in [0, 0.1) is 0 Å². The molecule has 1 rings (SSSR count). The van der Waals surface area contributed by atoms with Crippen LogP contribution in [0.15, 0.2) is 30.3 Å². The van der Waals surface area contributed by atoms with Crippen LogP contribution in [0.1, 0.15) is 5.56 Å². The van der Waals surface area contributed by atoms with E-state index >= 15 is 0 Å². The fourth-order valence-corrected chi connectivity index (χ4v) is 1.08. The van der Waals surface area contributed by atoms with Crippen molar-refractivity contribution in [2.75, 3.05) is 14.2 Å². The van der Waals surface area contributed by atoms with Crippen LogP contribution in [-0.2, 0) is 11.3 Å². The maximum atomic E-state index is 11.0. The quantitative estimate of drug-likeness (QED) is 0.692. The third-order valence-corrected chi connectivity index (χ3v) is 1.75. The topological polar surface area (TPSA) is 29.5 Å². The SMILES string of the molecule is CO[11C](=O)N(C)Cc1ccccc1. The molecule has 1 aromatic rings. The first-order chi connectivity index (χ1) is 6.24. The van der Waals surface area contributed by atoms with Gasteiger partial charge in [0, 0.05) is 13.6 Å². The summed E-state index contributed by atoms with van der Waals surface area (Å²) in [5, 5.41) is 0. The van der Waals surface area contributed by atoms with Crippen molar-refractivity contribution in [3.63, 3.8) is 0 Å². The second kappa shape index (κ2) is 4.50. The van der Waals surface area contributed by atoms with Crippen LogP contribution in [0.25, 0.3) is 0 Å². The molecule has 0 heterocycles. The molecule has 0 N–H and O–H groups in total. The maximum absolute atomic E-state index is 11.0. The van der Waals surface area contributed by atoms with E-state index in [4.69, 9.17) is 0 Å². The Kier molecular flexibility index (Phi) is 3.31. The number of rotatable bonds is 2. The molecule has 1 amide bonds. The lowest BCUT2D eigenvalue weighted by Gasteiger charge is -2.14. The van der Waals surface area contributed by atoms with Crippen LogP contribution in [-0.4, -0.2) is 25.2 Å². The molecule has 0 spiro atoms. The van der Waals surface area contributed by atoms with Crippen molar-refractivity contribution in [2.24, 2.45) is 0 Å². The zero-order chi connectivity index (χ0) is 9.68. The van der Waals surface area contributed by atoms with Gasteiger partial charge >= 0.3 is 6.09 Å². The van der Waals surface area contributed by atoms with Crippen molar-refractivity contribution in [1.29, 1.82) is 0 Å². The van der Waals surface area contributed by atoms with Gasteiger partial charge in [0.05, 0.1) is 7.11 Å². The first-order valence-corrected chi connectivity index (χ1v) is 4.07. The normalized spacial score (nSPS) is 9.38. The van der Waals surface area contributed by atoms with E-state index in [1.807, 2.05) is 30.3 Å². The van der Waals surface area contributed by atoms with Gasteiger partial charge in [-0.25, -0.2) is 4.79 Å². The summed E-state index contributed by atoms with van der Waals surface area (Å²) in [6.07, 6.45) is -0.316. The van der Waals surface area contributed by atoms with E-state index in [9.17, 15) is 4.79 Å². The Morgan fingerprint density at radius 2 is 2.00 bits per heavy atom. The number of benzene rings is 1. The summed E-state index contributed by atoms with van der Waals surface area (Å²) in [4.78, 5) is 12.5. The molecule has 3 heteroatoms. The summed E-state index contributed by atoms with van der Waals surface area (Å²) in [5.74, 6) is 0. The van der Waals surface area contributed by atoms with Gasteiger partial charge in [-0.3, -0.25) is 0 Å². The first kappa shape index (κ1) is 9.58. The van der Waals surface area contributed by atoms with Gasteiger partial charge in [0.15, 0.2) is 0 Å². The number of hydrogen-bond donors (Lipinski definition) is 0. The summed E-state index contributed by atoms with van der Waals surface area (Å²) in [6.45, 7) is 0.577. The lowest BCUT2D eigenvalue weighted by atomic mass is 10.2. The van der Waals surface area contributed by atoms with Crippen LogP contribution in [0.2, 0.25) is 0 Å². The Labute approximate surface area is 77.9 Å². The second-order valence-electron chi connectivity index (χ2n) is 2.81. The van der Waals surface area contributed by atoms with E-state index in [1.165, 1.54) is 12.0 Å². The number of hydrogen-bond acceptors (Lipinski definition) is 2. The van der Waals surface area contributed by atoms with Crippen LogP contribution >= 0.6 is 0 Å². The van der Waals surface area contributed by atoms with Gasteiger partial charge in [-0.2, -0.15) is 0 Å². The number of ether oxygens (including phenoxy) is 1. The smallest absolute Gasteiger partial charge is 0.409 e. The molecule has 0 aliphatic rings. The lowest BCUT2D eigenvalue weighted by molar-refractivity contribution is 0.131. The van der Waals surface area contributed by atoms with E-state index in [2.05, 4.69) is 4.74 Å². The highest BCUT2D eigenvalue weighted by atomic mass is 16.5. The highest BCUT2D eigenvalue weighted by Gasteiger charge is 2.07. The molecule has 0 atom stereocenters. The van der Waals surface area contributed by atoms with Crippen molar-refractivity contribution < 1.29 is 9.53 Å². The van der Waals surface area contributed by atoms with Crippen molar-refractivity contribution >= 4 is 6.09 Å². The molecule has 0 aromatic heterocycles. The molecule has 3 nitrogen and oxygen atoms in total. The number of amides is 1. The fourth-order valence-electron chi connectivity index (χ4n) is 1.08. The second-order valence-corrected chi connectivity index (χ2v) is 2.81. The predicted octanol–water partition coefficient (Wildman–Crippen LogP) is 1.88. The minimum atomic E-state index is -0.316. The molecular weight excluding hydrogens is 165 g/mol. The summed E-state index contributed by atoms with van der Waals surface area (Å²) < 4.78 is 4.57. The first-order valence-electron chi connectivity index (χ1n) is 4.07. The van der Waals surface area contributed by atoms with Gasteiger partial charge in [-0.15, -0.1) is 0 Å². The molecule has 1 aromatic carbocycles. The zero-order valence-corrected chi connectivity index (χ0v) is 7.86. The summed E-state index contributed by atoms with van der Waals surface area (Å²) in [6, 6.07) is 9.78. The van der Waals surface area contributed by atoms with Crippen LogP contribution in [0.5, 0.6) is 0 Å². The Hall–Kier alpha value is -1.51. The van der Waals surface area contributed by atoms with E-state index < -0.39 is 0 Å². The van der Waals surface area contributed by atoms with Crippen molar-refractivity contribution in [3.05, 3.63) is 35.9 Å². The van der Waals surface area contributed by atoms with Crippen molar-refractivity contribution in [2.45, 2.75) is 6.54 Å². The zero-order valence-electron chi connectivity index (χ0n) is 7.86. The van der Waals surface area contributed by atoms with Crippen LogP contribution in [0.4, 0.5) is 4.79 Å². The third kappa shape index (κ3) is 2.78. The van der Waals surface area contributed by atoms with Gasteiger partial charge in [0.2, 0.25) is 0 Å². The molecule has 0 aliphatic heterocycles. The predicted molar refractivity (Wildman–Crippen MR) is 50.3 cm³/mol. The van der Waals surface area contributed by atoms with Gasteiger partial charge in [0.1, 0.15) is 0 Å². The molecule has 0 saturated carbocycles. The highest BCUT2D eigenvalue weighted by Crippen LogP contribution is 2.02. The molecule has 0 aliphatic carbocycles. The molecule has 0 fully saturated rings. The standard InChI is InChI=1S/C10H13NO2/c1-11(10(12)13-2)8-9-6-4-3-5-7-9/h3-7H,8H2,1-2H3/i10-1.